The molecule has 0 aromatic carbocycles. The maximum atomic E-state index is 12.5. The number of aliphatic hydroxyl groups is 10. The van der Waals surface area contributed by atoms with E-state index >= 15 is 0 Å². The van der Waals surface area contributed by atoms with E-state index in [0.717, 1.165) is 13.8 Å². The van der Waals surface area contributed by atoms with Gasteiger partial charge in [-0.3, -0.25) is 9.59 Å². The Balaban J connectivity index is 1.62. The Morgan fingerprint density at radius 1 is 0.509 bits per heavy atom. The Labute approximate surface area is 298 Å². The molecule has 0 bridgehead atoms. The van der Waals surface area contributed by atoms with Crippen LogP contribution < -0.4 is 10.6 Å². The van der Waals surface area contributed by atoms with Crippen LogP contribution in [0, 0.1) is 0 Å². The zero-order chi connectivity index (χ0) is 39.6. The summed E-state index contributed by atoms with van der Waals surface area (Å²) in [5, 5.41) is 129. The summed E-state index contributed by atoms with van der Waals surface area (Å²) < 4.78 is 38.0. The Hall–Kier alpha value is -2.80. The summed E-state index contributed by atoms with van der Waals surface area (Å²) in [5.41, 5.74) is 0. The maximum absolute atomic E-state index is 12.5. The summed E-state index contributed by atoms with van der Waals surface area (Å²) in [6.45, 7) is 0.116. The highest BCUT2D eigenvalue weighted by molar-refractivity contribution is 5.74. The summed E-state index contributed by atoms with van der Waals surface area (Å²) in [5.74, 6) is -5.28. The molecule has 4 aliphatic rings. The summed E-state index contributed by atoms with van der Waals surface area (Å²) >= 11 is 0. The fourth-order valence-electron chi connectivity index (χ4n) is 6.30. The van der Waals surface area contributed by atoms with Gasteiger partial charge in [0.25, 0.3) is 0 Å². The number of carboxylic acid groups (broad SMARTS) is 2. The molecule has 0 radical (unpaired) electrons. The van der Waals surface area contributed by atoms with Gasteiger partial charge in [0.1, 0.15) is 85.3 Å². The van der Waals surface area contributed by atoms with Crippen LogP contribution in [0.4, 0.5) is 0 Å². The predicted molar refractivity (Wildman–Crippen MR) is 158 cm³/mol. The van der Waals surface area contributed by atoms with Crippen LogP contribution in [0.1, 0.15) is 13.8 Å². The van der Waals surface area contributed by atoms with Crippen LogP contribution in [0.2, 0.25) is 0 Å². The van der Waals surface area contributed by atoms with Crippen LogP contribution >= 0.6 is 0 Å². The molecule has 0 aliphatic carbocycles. The second kappa shape index (κ2) is 17.8. The van der Waals surface area contributed by atoms with E-state index in [1.54, 1.807) is 0 Å². The van der Waals surface area contributed by atoms with Crippen molar-refractivity contribution >= 4 is 23.8 Å². The van der Waals surface area contributed by atoms with Gasteiger partial charge >= 0.3 is 11.9 Å². The van der Waals surface area contributed by atoms with Crippen LogP contribution in [0.25, 0.3) is 0 Å². The van der Waals surface area contributed by atoms with Crippen molar-refractivity contribution in [2.24, 2.45) is 0 Å². The van der Waals surface area contributed by atoms with Gasteiger partial charge in [-0.25, -0.2) is 9.59 Å². The smallest absolute Gasteiger partial charge is 0.335 e. The van der Waals surface area contributed by atoms with Crippen LogP contribution in [0.15, 0.2) is 0 Å². The number of hydrogen-bond acceptors (Lipinski definition) is 21. The van der Waals surface area contributed by atoms with E-state index in [4.69, 9.17) is 33.2 Å². The molecule has 0 spiro atoms. The standard InChI is InChI=1S/C28H44N2O23/c1-5(33)29-9-18(11(35)7(3-31)47-25(9)46)49-28-17(41)15(39)20(22(53-28)24(44)45)51-26-10(30-6(2)34)19(12(36)8(4-32)48-26)50-27-16(40)13(37)14(38)21(52-27)23(42)43/h7-22,25-28,31-32,35-41,46H,3-4H2,1-2H3,(H,29,33)(H,30,34)(H,42,43)(H,44,45)/t7-,8-,9-,10-,11-,12-,13+,14-,15-,16-,17-,18-,19+,20+,21+,22+,25-,26+,27+,28-/m1/s1. The lowest BCUT2D eigenvalue weighted by molar-refractivity contribution is -0.368. The predicted octanol–water partition coefficient (Wildman–Crippen LogP) is -9.28. The molecule has 25 nitrogen and oxygen atoms in total. The number of carboxylic acids is 2. The van der Waals surface area contributed by atoms with Crippen molar-refractivity contribution in [3.05, 3.63) is 0 Å². The highest BCUT2D eigenvalue weighted by Gasteiger charge is 2.57. The maximum Gasteiger partial charge on any atom is 0.335 e. The lowest BCUT2D eigenvalue weighted by atomic mass is 9.94. The minimum Gasteiger partial charge on any atom is -0.479 e. The largest absolute Gasteiger partial charge is 0.479 e. The Morgan fingerprint density at radius 3 is 1.43 bits per heavy atom. The summed E-state index contributed by atoms with van der Waals surface area (Å²) in [7, 11) is 0. The zero-order valence-electron chi connectivity index (χ0n) is 27.8. The van der Waals surface area contributed by atoms with Crippen LogP contribution in [-0.2, 0) is 52.3 Å². The molecule has 0 saturated carbocycles. The molecule has 304 valence electrons. The lowest BCUT2D eigenvalue weighted by Gasteiger charge is -2.49. The Kier molecular flexibility index (Phi) is 14.4. The van der Waals surface area contributed by atoms with Crippen molar-refractivity contribution in [3.8, 4) is 0 Å². The quantitative estimate of drug-likeness (QED) is 0.0875. The summed E-state index contributed by atoms with van der Waals surface area (Å²) in [4.78, 5) is 48.2. The number of rotatable bonds is 12. The summed E-state index contributed by atoms with van der Waals surface area (Å²) in [6.07, 6.45) is -36.5. The van der Waals surface area contributed by atoms with Gasteiger partial charge in [-0.15, -0.1) is 0 Å². The minimum absolute atomic E-state index is 0.752. The molecule has 4 fully saturated rings. The molecule has 20 atom stereocenters. The van der Waals surface area contributed by atoms with Crippen molar-refractivity contribution < 1.29 is 114 Å². The molecule has 4 rings (SSSR count). The number of amides is 2. The molecule has 0 aromatic rings. The van der Waals surface area contributed by atoms with E-state index in [1.165, 1.54) is 0 Å². The number of nitrogens with one attached hydrogen (secondary N) is 2. The van der Waals surface area contributed by atoms with Crippen molar-refractivity contribution in [1.82, 2.24) is 10.6 Å². The van der Waals surface area contributed by atoms with Gasteiger partial charge < -0.3 is 105 Å². The van der Waals surface area contributed by atoms with Gasteiger partial charge in [0.2, 0.25) is 11.8 Å². The number of carbonyl (C=O) groups excluding carboxylic acids is 2. The van der Waals surface area contributed by atoms with Gasteiger partial charge in [-0.2, -0.15) is 0 Å². The van der Waals surface area contributed by atoms with E-state index < -0.39 is 160 Å². The average Bonchev–Trinajstić information content (AvgIpc) is 3.08. The van der Waals surface area contributed by atoms with E-state index in [0.29, 0.717) is 0 Å². The van der Waals surface area contributed by atoms with Gasteiger partial charge in [-0.05, 0) is 0 Å². The first-order valence-electron chi connectivity index (χ1n) is 16.1. The van der Waals surface area contributed by atoms with Crippen molar-refractivity contribution in [3.63, 3.8) is 0 Å². The van der Waals surface area contributed by atoms with Crippen molar-refractivity contribution in [1.29, 1.82) is 0 Å². The fraction of sp³-hybridized carbons (Fsp3) is 0.857. The lowest BCUT2D eigenvalue weighted by Crippen LogP contribution is -2.70. The first kappa shape index (κ1) is 42.9. The van der Waals surface area contributed by atoms with Gasteiger partial charge in [0.05, 0.1) is 13.2 Å². The van der Waals surface area contributed by atoms with Crippen LogP contribution in [0.5, 0.6) is 0 Å². The number of carbonyl (C=O) groups is 4. The third-order valence-electron chi connectivity index (χ3n) is 8.94. The molecule has 14 N–H and O–H groups in total. The third-order valence-corrected chi connectivity index (χ3v) is 8.94. The molecule has 4 saturated heterocycles. The van der Waals surface area contributed by atoms with Gasteiger partial charge in [0.15, 0.2) is 37.4 Å². The first-order valence-corrected chi connectivity index (χ1v) is 16.1. The van der Waals surface area contributed by atoms with Gasteiger partial charge in [0, 0.05) is 13.8 Å². The molecular formula is C28H44N2O23. The second-order valence-electron chi connectivity index (χ2n) is 12.7. The molecule has 4 heterocycles. The summed E-state index contributed by atoms with van der Waals surface area (Å²) in [6, 6.07) is -3.38. The SMILES string of the molecule is CC(=O)N[C@@H]1[C@@H](O[C@@H]2O[C@H](C(=O)O)[C@@H](O[C@@H]3O[C@H](CO)[C@@H](O)[C@@H](O[C@H]4O[C@H](C(=O)O)[C@H](O)[C@H](O)[C@H]4O)[C@H]3NC(C)=O)[C@H](O)[C@H]2O)[C@H](O)[C@@H](CO)O[C@H]1O. The Bertz CT molecular complexity index is 1300. The molecule has 25 heteroatoms. The molecule has 53 heavy (non-hydrogen) atoms. The van der Waals surface area contributed by atoms with Crippen LogP contribution in [0.3, 0.4) is 0 Å². The monoisotopic (exact) mass is 776 g/mol. The van der Waals surface area contributed by atoms with Crippen LogP contribution in [-0.4, -0.2) is 221 Å². The highest BCUT2D eigenvalue weighted by atomic mass is 16.8. The molecule has 0 unspecified atom stereocenters. The van der Waals surface area contributed by atoms with E-state index in [2.05, 4.69) is 10.6 Å². The number of aliphatic hydroxyl groups excluding tert-OH is 10. The minimum atomic E-state index is -2.30. The molecule has 0 aromatic heterocycles. The van der Waals surface area contributed by atoms with E-state index in [-0.39, 0.29) is 0 Å². The van der Waals surface area contributed by atoms with Crippen molar-refractivity contribution in [2.45, 2.75) is 137 Å². The molecular weight excluding hydrogens is 732 g/mol. The Morgan fingerprint density at radius 2 is 0.943 bits per heavy atom. The molecule has 4 aliphatic heterocycles. The normalized spacial score (nSPS) is 46.3. The van der Waals surface area contributed by atoms with Crippen molar-refractivity contribution in [2.75, 3.05) is 13.2 Å². The highest BCUT2D eigenvalue weighted by Crippen LogP contribution is 2.34. The van der Waals surface area contributed by atoms with Gasteiger partial charge in [-0.1, -0.05) is 0 Å². The molecule has 2 amide bonds. The fourth-order valence-corrected chi connectivity index (χ4v) is 6.30. The third kappa shape index (κ3) is 9.19. The topological polar surface area (TPSA) is 400 Å². The number of aliphatic carboxylic acids is 2. The van der Waals surface area contributed by atoms with E-state index in [9.17, 15) is 80.5 Å². The second-order valence-corrected chi connectivity index (χ2v) is 12.7. The average molecular weight is 777 g/mol. The van der Waals surface area contributed by atoms with E-state index in [1.807, 2.05) is 0 Å². The number of ether oxygens (including phenoxy) is 7. The zero-order valence-corrected chi connectivity index (χ0v) is 27.8. The number of hydrogen-bond donors (Lipinski definition) is 14. The first-order chi connectivity index (χ1) is 24.8.